The van der Waals surface area contributed by atoms with Crippen LogP contribution >= 0.6 is 0 Å². The van der Waals surface area contributed by atoms with Gasteiger partial charge >= 0.3 is 0 Å². The molecule has 1 saturated heterocycles. The van der Waals surface area contributed by atoms with Crippen LogP contribution in [0.1, 0.15) is 84.5 Å². The van der Waals surface area contributed by atoms with Crippen molar-refractivity contribution in [2.75, 3.05) is 19.6 Å². The zero-order chi connectivity index (χ0) is 20.4. The number of nitrogens with zero attached hydrogens (tertiary/aromatic N) is 1. The maximum absolute atomic E-state index is 10.1. The highest BCUT2D eigenvalue weighted by molar-refractivity contribution is 5.27. The van der Waals surface area contributed by atoms with Gasteiger partial charge in [-0.1, -0.05) is 50.1 Å². The monoisotopic (exact) mass is 397 g/mol. The molecule has 0 aromatic rings. The molecule has 4 rings (SSSR count). The Balaban J connectivity index is 1.38. The van der Waals surface area contributed by atoms with Gasteiger partial charge in [-0.25, -0.2) is 0 Å². The third-order valence-electron chi connectivity index (χ3n) is 9.13. The first-order valence-electron chi connectivity index (χ1n) is 12.5. The Bertz CT molecular complexity index is 661. The second-order valence-corrected chi connectivity index (χ2v) is 10.8. The number of fused-ring (bicyclic) bond motifs is 1. The molecule has 1 aliphatic heterocycles. The van der Waals surface area contributed by atoms with Crippen molar-refractivity contribution < 1.29 is 5.11 Å². The van der Waals surface area contributed by atoms with E-state index in [0.29, 0.717) is 5.41 Å². The summed E-state index contributed by atoms with van der Waals surface area (Å²) in [5.74, 6) is 2.66. The van der Waals surface area contributed by atoms with Gasteiger partial charge in [0, 0.05) is 6.54 Å². The van der Waals surface area contributed by atoms with Crippen LogP contribution in [0.15, 0.2) is 35.5 Å². The predicted octanol–water partition coefficient (Wildman–Crippen LogP) is 6.28. The predicted molar refractivity (Wildman–Crippen MR) is 123 cm³/mol. The Morgan fingerprint density at radius 2 is 2.03 bits per heavy atom. The second-order valence-electron chi connectivity index (χ2n) is 10.8. The molecule has 0 amide bonds. The average Bonchev–Trinajstić information content (AvgIpc) is 3.31. The van der Waals surface area contributed by atoms with Gasteiger partial charge in [-0.05, 0) is 106 Å². The van der Waals surface area contributed by atoms with Crippen LogP contribution in [0.3, 0.4) is 0 Å². The third kappa shape index (κ3) is 4.59. The Morgan fingerprint density at radius 1 is 1.17 bits per heavy atom. The summed E-state index contributed by atoms with van der Waals surface area (Å²) in [6, 6.07) is 0. The lowest BCUT2D eigenvalue weighted by atomic mass is 9.63. The maximum atomic E-state index is 10.1. The van der Waals surface area contributed by atoms with Crippen molar-refractivity contribution in [2.45, 2.75) is 90.6 Å². The fourth-order valence-corrected chi connectivity index (χ4v) is 6.97. The zero-order valence-corrected chi connectivity index (χ0v) is 19.0. The molecule has 0 radical (unpaired) electrons. The molecule has 4 unspecified atom stereocenters. The lowest BCUT2D eigenvalue weighted by Gasteiger charge is -2.43. The van der Waals surface area contributed by atoms with Crippen molar-refractivity contribution >= 4 is 0 Å². The van der Waals surface area contributed by atoms with Gasteiger partial charge in [0.25, 0.3) is 0 Å². The van der Waals surface area contributed by atoms with Crippen LogP contribution in [-0.4, -0.2) is 35.7 Å². The lowest BCUT2D eigenvalue weighted by molar-refractivity contribution is 0.119. The Kier molecular flexibility index (Phi) is 6.71. The van der Waals surface area contributed by atoms with Gasteiger partial charge in [0.05, 0.1) is 6.10 Å². The van der Waals surface area contributed by atoms with Gasteiger partial charge < -0.3 is 10.0 Å². The van der Waals surface area contributed by atoms with E-state index >= 15 is 0 Å². The van der Waals surface area contributed by atoms with Crippen molar-refractivity contribution in [1.82, 2.24) is 4.90 Å². The number of allylic oxidation sites excluding steroid dienone is 3. The standard InChI is InChI=1S/C27H43NO/c1-4-21-13-16-28(19-21)17-14-24-11-12-25-23(6-5-15-27(24,25)3)10-9-22-8-7-20(2)26(29)18-22/h9-10,21,24-26,29H,2,4-8,11-19H2,1,3H3/b22-9-,23-10+/t21?,24-,25?,26?,27?/m1/s1. The zero-order valence-electron chi connectivity index (χ0n) is 19.0. The molecule has 2 nitrogen and oxygen atoms in total. The van der Waals surface area contributed by atoms with E-state index in [9.17, 15) is 5.11 Å². The summed E-state index contributed by atoms with van der Waals surface area (Å²) in [4.78, 5) is 2.75. The molecule has 162 valence electrons. The summed E-state index contributed by atoms with van der Waals surface area (Å²) in [5.41, 5.74) is 4.66. The largest absolute Gasteiger partial charge is 0.388 e. The molecule has 4 fully saturated rings. The minimum Gasteiger partial charge on any atom is -0.388 e. The lowest BCUT2D eigenvalue weighted by Crippen LogP contribution is -2.35. The summed E-state index contributed by atoms with van der Waals surface area (Å²) < 4.78 is 0. The molecule has 0 bridgehead atoms. The first-order valence-corrected chi connectivity index (χ1v) is 12.5. The van der Waals surface area contributed by atoms with Crippen molar-refractivity contribution in [3.8, 4) is 0 Å². The molecule has 1 N–H and O–H groups in total. The van der Waals surface area contributed by atoms with Crippen LogP contribution in [0.5, 0.6) is 0 Å². The fraction of sp³-hybridized carbons (Fsp3) is 0.778. The average molecular weight is 398 g/mol. The minimum atomic E-state index is -0.321. The summed E-state index contributed by atoms with van der Waals surface area (Å²) >= 11 is 0. The van der Waals surface area contributed by atoms with Crippen LogP contribution in [-0.2, 0) is 0 Å². The van der Waals surface area contributed by atoms with Crippen LogP contribution in [0.2, 0.25) is 0 Å². The van der Waals surface area contributed by atoms with E-state index < -0.39 is 0 Å². The molecular formula is C27H43NO. The summed E-state index contributed by atoms with van der Waals surface area (Å²) in [6.45, 7) is 13.0. The molecule has 5 atom stereocenters. The Labute approximate surface area is 179 Å². The first-order chi connectivity index (χ1) is 14.0. The molecule has 2 heteroatoms. The van der Waals surface area contributed by atoms with E-state index in [4.69, 9.17) is 0 Å². The molecule has 0 spiro atoms. The highest BCUT2D eigenvalue weighted by Crippen LogP contribution is 2.58. The normalized spacial score (nSPS) is 41.4. The number of rotatable bonds is 5. The first kappa shape index (κ1) is 21.4. The van der Waals surface area contributed by atoms with Crippen molar-refractivity contribution in [1.29, 1.82) is 0 Å². The van der Waals surface area contributed by atoms with E-state index in [2.05, 4.69) is 37.5 Å². The summed E-state index contributed by atoms with van der Waals surface area (Å²) in [5, 5.41) is 10.1. The minimum absolute atomic E-state index is 0.321. The van der Waals surface area contributed by atoms with Crippen LogP contribution < -0.4 is 0 Å². The van der Waals surface area contributed by atoms with Crippen LogP contribution in [0.25, 0.3) is 0 Å². The topological polar surface area (TPSA) is 23.5 Å². The van der Waals surface area contributed by atoms with Crippen molar-refractivity contribution in [2.24, 2.45) is 23.2 Å². The Hall–Kier alpha value is -0.860. The van der Waals surface area contributed by atoms with Gasteiger partial charge in [-0.15, -0.1) is 0 Å². The maximum Gasteiger partial charge on any atom is 0.0784 e. The molecule has 3 saturated carbocycles. The summed E-state index contributed by atoms with van der Waals surface area (Å²) in [6.07, 6.45) is 18.4. The van der Waals surface area contributed by atoms with E-state index in [1.807, 2.05) is 0 Å². The Morgan fingerprint density at radius 3 is 2.79 bits per heavy atom. The summed E-state index contributed by atoms with van der Waals surface area (Å²) in [7, 11) is 0. The van der Waals surface area contributed by atoms with Gasteiger partial charge in [0.2, 0.25) is 0 Å². The van der Waals surface area contributed by atoms with Crippen LogP contribution in [0, 0.1) is 23.2 Å². The second kappa shape index (κ2) is 9.10. The molecular weight excluding hydrogens is 354 g/mol. The molecule has 1 heterocycles. The van der Waals surface area contributed by atoms with Crippen molar-refractivity contribution in [3.05, 3.63) is 35.5 Å². The number of aliphatic hydroxyl groups excluding tert-OH is 1. The number of likely N-dealkylation sites (tertiary alicyclic amines) is 1. The molecule has 4 aliphatic rings. The third-order valence-corrected chi connectivity index (χ3v) is 9.13. The fourth-order valence-electron chi connectivity index (χ4n) is 6.97. The number of hydrogen-bond acceptors (Lipinski definition) is 2. The van der Waals surface area contributed by atoms with Gasteiger partial charge in [0.1, 0.15) is 0 Å². The molecule has 3 aliphatic carbocycles. The van der Waals surface area contributed by atoms with Gasteiger partial charge in [-0.3, -0.25) is 0 Å². The van der Waals surface area contributed by atoms with Gasteiger partial charge in [-0.2, -0.15) is 0 Å². The van der Waals surface area contributed by atoms with E-state index in [0.717, 1.165) is 42.6 Å². The smallest absolute Gasteiger partial charge is 0.0784 e. The van der Waals surface area contributed by atoms with E-state index in [-0.39, 0.29) is 6.10 Å². The van der Waals surface area contributed by atoms with Crippen LogP contribution in [0.4, 0.5) is 0 Å². The number of hydrogen-bond donors (Lipinski definition) is 1. The molecule has 29 heavy (non-hydrogen) atoms. The SMILES string of the molecule is C=C1CC/C(=C/C=C2\CCCC3(C)C2CC[C@@H]3CCN2CCC(CC)C2)CC1O. The van der Waals surface area contributed by atoms with E-state index in [1.54, 1.807) is 5.57 Å². The molecule has 0 aromatic heterocycles. The quantitative estimate of drug-likeness (QED) is 0.552. The van der Waals surface area contributed by atoms with E-state index in [1.165, 1.54) is 76.6 Å². The van der Waals surface area contributed by atoms with Gasteiger partial charge in [0.15, 0.2) is 0 Å². The number of aliphatic hydroxyl groups is 1. The highest BCUT2D eigenvalue weighted by atomic mass is 16.3. The van der Waals surface area contributed by atoms with Crippen molar-refractivity contribution in [3.63, 3.8) is 0 Å². The highest BCUT2D eigenvalue weighted by Gasteiger charge is 2.48. The molecule has 0 aromatic carbocycles.